The summed E-state index contributed by atoms with van der Waals surface area (Å²) in [5, 5.41) is 0. The van der Waals surface area contributed by atoms with Gasteiger partial charge in [0.2, 0.25) is 0 Å². The van der Waals surface area contributed by atoms with E-state index in [1.807, 2.05) is 0 Å². The second-order valence-electron chi connectivity index (χ2n) is 8.08. The van der Waals surface area contributed by atoms with Gasteiger partial charge in [-0.05, 0) is 50.7 Å². The topological polar surface area (TPSA) is 50.3 Å². The largest absolute Gasteiger partial charge is 0.417 e. The molecular weight excluding hydrogens is 487 g/mol. The number of nitrogens with one attached hydrogen (secondary N) is 1. The predicted molar refractivity (Wildman–Crippen MR) is 115 cm³/mol. The molecule has 1 aliphatic carbocycles. The molecule has 1 N–H and O–H groups in total. The smallest absolute Gasteiger partial charge is 0.381 e. The number of benzene rings is 1. The number of H-pyrrole nitrogens is 1. The molecule has 0 unspecified atom stereocenters. The lowest BCUT2D eigenvalue weighted by Gasteiger charge is -2.40. The average molecular weight is 513 g/mol. The maximum Gasteiger partial charge on any atom is 0.417 e. The summed E-state index contributed by atoms with van der Waals surface area (Å²) in [5.41, 5.74) is -0.370. The Morgan fingerprint density at radius 2 is 1.70 bits per heavy atom. The number of halogens is 5. The van der Waals surface area contributed by atoms with Gasteiger partial charge in [-0.15, -0.1) is 12.4 Å². The predicted octanol–water partition coefficient (Wildman–Crippen LogP) is 5.13. The molecule has 5 nitrogen and oxygen atoms in total. The van der Waals surface area contributed by atoms with Gasteiger partial charge < -0.3 is 14.6 Å². The molecule has 1 saturated heterocycles. The van der Waals surface area contributed by atoms with Gasteiger partial charge in [0.15, 0.2) is 0 Å². The molecule has 168 valence electrons. The fourth-order valence-electron chi connectivity index (χ4n) is 4.88. The molecule has 0 bridgehead atoms. The van der Waals surface area contributed by atoms with Crippen LogP contribution in [0.25, 0.3) is 11.0 Å². The quantitative estimate of drug-likeness (QED) is 0.621. The van der Waals surface area contributed by atoms with Crippen LogP contribution in [-0.2, 0) is 10.9 Å². The Morgan fingerprint density at radius 3 is 2.27 bits per heavy atom. The molecule has 1 aromatic heterocycles. The third kappa shape index (κ3) is 4.59. The number of hydrogen-bond donors (Lipinski definition) is 1. The molecular formula is C20H26BrClF3N3O2. The van der Waals surface area contributed by atoms with Crippen LogP contribution < -0.4 is 5.69 Å². The monoisotopic (exact) mass is 511 g/mol. The van der Waals surface area contributed by atoms with Crippen molar-refractivity contribution in [2.24, 2.45) is 0 Å². The second-order valence-corrected chi connectivity index (χ2v) is 8.93. The number of methoxy groups -OCH3 is 1. The Kier molecular flexibility index (Phi) is 7.26. The molecule has 0 atom stereocenters. The highest BCUT2D eigenvalue weighted by Gasteiger charge is 2.35. The normalized spacial score (nSPS) is 24.2. The lowest BCUT2D eigenvalue weighted by atomic mass is 9.90. The van der Waals surface area contributed by atoms with E-state index in [9.17, 15) is 18.0 Å². The highest BCUT2D eigenvalue weighted by atomic mass is 79.9. The van der Waals surface area contributed by atoms with Crippen molar-refractivity contribution >= 4 is 39.4 Å². The molecule has 10 heteroatoms. The number of likely N-dealkylation sites (tertiary alicyclic amines) is 1. The number of hydrogen-bond acceptors (Lipinski definition) is 3. The summed E-state index contributed by atoms with van der Waals surface area (Å²) in [6.45, 7) is 1.79. The number of imidazole rings is 1. The van der Waals surface area contributed by atoms with Crippen LogP contribution in [0, 0.1) is 0 Å². The van der Waals surface area contributed by atoms with Crippen molar-refractivity contribution in [2.75, 3.05) is 20.2 Å². The molecule has 2 aromatic rings. The Balaban J connectivity index is 0.00000256. The van der Waals surface area contributed by atoms with Crippen LogP contribution >= 0.6 is 28.3 Å². The molecule has 1 aliphatic heterocycles. The number of fused-ring (bicyclic) bond motifs is 1. The van der Waals surface area contributed by atoms with Crippen molar-refractivity contribution in [3.63, 3.8) is 0 Å². The number of nitrogens with zero attached hydrogens (tertiary/aromatic N) is 2. The number of rotatable bonds is 3. The minimum absolute atomic E-state index is 0. The zero-order valence-corrected chi connectivity index (χ0v) is 19.1. The first kappa shape index (κ1) is 23.6. The van der Waals surface area contributed by atoms with Crippen LogP contribution in [0.15, 0.2) is 21.4 Å². The third-order valence-electron chi connectivity index (χ3n) is 6.47. The summed E-state index contributed by atoms with van der Waals surface area (Å²) in [5.74, 6) is 0. The van der Waals surface area contributed by atoms with Crippen molar-refractivity contribution in [2.45, 2.75) is 62.9 Å². The molecule has 0 amide bonds. The standard InChI is InChI=1S/C20H25BrF3N3O2.ClH/c1-29-14-4-2-12(3-5-14)26-8-6-13(7-9-26)27-18-11-16(21)15(20(22,23)24)10-17(18)25-19(27)28;/h10-14H,2-9H2,1H3,(H,25,28);1H. The lowest BCUT2D eigenvalue weighted by Crippen LogP contribution is -2.45. The van der Waals surface area contributed by atoms with Crippen molar-refractivity contribution in [3.05, 3.63) is 32.7 Å². The minimum atomic E-state index is -4.47. The van der Waals surface area contributed by atoms with E-state index in [1.165, 1.54) is 6.07 Å². The molecule has 0 radical (unpaired) electrons. The molecule has 4 rings (SSSR count). The number of alkyl halides is 3. The summed E-state index contributed by atoms with van der Waals surface area (Å²) in [4.78, 5) is 17.7. The van der Waals surface area contributed by atoms with Gasteiger partial charge >= 0.3 is 11.9 Å². The van der Waals surface area contributed by atoms with Crippen LogP contribution in [0.3, 0.4) is 0 Å². The van der Waals surface area contributed by atoms with Gasteiger partial charge in [-0.25, -0.2) is 4.79 Å². The first-order chi connectivity index (χ1) is 13.8. The van der Waals surface area contributed by atoms with E-state index in [2.05, 4.69) is 25.8 Å². The van der Waals surface area contributed by atoms with Crippen molar-refractivity contribution in [1.82, 2.24) is 14.5 Å². The maximum atomic E-state index is 13.2. The van der Waals surface area contributed by atoms with Crippen LogP contribution in [0.5, 0.6) is 0 Å². The molecule has 0 spiro atoms. The molecule has 1 saturated carbocycles. The molecule has 2 fully saturated rings. The van der Waals surface area contributed by atoms with Crippen LogP contribution in [0.1, 0.15) is 50.1 Å². The minimum Gasteiger partial charge on any atom is -0.381 e. The average Bonchev–Trinajstić information content (AvgIpc) is 3.01. The summed E-state index contributed by atoms with van der Waals surface area (Å²) in [7, 11) is 1.77. The summed E-state index contributed by atoms with van der Waals surface area (Å²) in [6.07, 6.45) is 1.95. The second kappa shape index (κ2) is 9.22. The van der Waals surface area contributed by atoms with Crippen molar-refractivity contribution < 1.29 is 17.9 Å². The van der Waals surface area contributed by atoms with Crippen molar-refractivity contribution in [3.8, 4) is 0 Å². The van der Waals surface area contributed by atoms with Crippen molar-refractivity contribution in [1.29, 1.82) is 0 Å². The van der Waals surface area contributed by atoms with Gasteiger partial charge in [-0.1, -0.05) is 15.9 Å². The van der Waals surface area contributed by atoms with Crippen LogP contribution in [0.4, 0.5) is 13.2 Å². The van der Waals surface area contributed by atoms with E-state index in [1.54, 1.807) is 11.7 Å². The van der Waals surface area contributed by atoms with E-state index >= 15 is 0 Å². The third-order valence-corrected chi connectivity index (χ3v) is 7.12. The lowest BCUT2D eigenvalue weighted by molar-refractivity contribution is -0.138. The molecule has 30 heavy (non-hydrogen) atoms. The number of piperidine rings is 1. The fraction of sp³-hybridized carbons (Fsp3) is 0.650. The van der Waals surface area contributed by atoms with E-state index in [0.29, 0.717) is 17.7 Å². The Labute approximate surface area is 187 Å². The highest BCUT2D eigenvalue weighted by Crippen LogP contribution is 2.38. The first-order valence-electron chi connectivity index (χ1n) is 10.1. The molecule has 1 aromatic carbocycles. The summed E-state index contributed by atoms with van der Waals surface area (Å²) in [6, 6.07) is 2.98. The number of aromatic amines is 1. The zero-order valence-electron chi connectivity index (χ0n) is 16.7. The number of aromatic nitrogens is 2. The van der Waals surface area contributed by atoms with Gasteiger partial charge in [-0.3, -0.25) is 4.57 Å². The summed E-state index contributed by atoms with van der Waals surface area (Å²) >= 11 is 3.03. The zero-order chi connectivity index (χ0) is 20.8. The Morgan fingerprint density at radius 1 is 1.07 bits per heavy atom. The summed E-state index contributed by atoms with van der Waals surface area (Å²) < 4.78 is 46.5. The number of ether oxygens (including phenoxy) is 1. The van der Waals surface area contributed by atoms with E-state index < -0.39 is 11.7 Å². The highest BCUT2D eigenvalue weighted by molar-refractivity contribution is 9.10. The molecule has 2 heterocycles. The van der Waals surface area contributed by atoms with Crippen LogP contribution in [0.2, 0.25) is 0 Å². The van der Waals surface area contributed by atoms with E-state index in [0.717, 1.165) is 57.7 Å². The van der Waals surface area contributed by atoms with E-state index in [4.69, 9.17) is 4.74 Å². The van der Waals surface area contributed by atoms with E-state index in [-0.39, 0.29) is 34.1 Å². The Hall–Kier alpha value is -1.03. The maximum absolute atomic E-state index is 13.2. The Bertz CT molecular complexity index is 930. The van der Waals surface area contributed by atoms with Gasteiger partial charge in [0.05, 0.1) is 22.7 Å². The first-order valence-corrected chi connectivity index (χ1v) is 10.8. The molecule has 2 aliphatic rings. The van der Waals surface area contributed by atoms with Crippen LogP contribution in [-0.4, -0.2) is 46.8 Å². The van der Waals surface area contributed by atoms with Gasteiger partial charge in [-0.2, -0.15) is 13.2 Å². The SMILES string of the molecule is COC1CCC(N2CCC(n3c(=O)[nH]c4cc(C(F)(F)F)c(Br)cc43)CC2)CC1.Cl. The van der Waals surface area contributed by atoms with Gasteiger partial charge in [0.25, 0.3) is 0 Å². The fourth-order valence-corrected chi connectivity index (χ4v) is 5.44. The van der Waals surface area contributed by atoms with Gasteiger partial charge in [0, 0.05) is 36.8 Å². The van der Waals surface area contributed by atoms with Gasteiger partial charge in [0.1, 0.15) is 0 Å².